The lowest BCUT2D eigenvalue weighted by molar-refractivity contribution is -0.139. The fourth-order valence-corrected chi connectivity index (χ4v) is 4.23. The van der Waals surface area contributed by atoms with Gasteiger partial charge in [0.05, 0.1) is 30.5 Å². The minimum Gasteiger partial charge on any atom is -0.372 e. The molecular weight excluding hydrogens is 468 g/mol. The number of benzene rings is 1. The monoisotopic (exact) mass is 496 g/mol. The van der Waals surface area contributed by atoms with Crippen LogP contribution >= 0.6 is 0 Å². The van der Waals surface area contributed by atoms with Crippen LogP contribution in [0.3, 0.4) is 0 Å². The Balaban J connectivity index is 1.84. The van der Waals surface area contributed by atoms with E-state index in [1.54, 1.807) is 28.9 Å². The van der Waals surface area contributed by atoms with E-state index in [1.165, 1.54) is 10.6 Å². The van der Waals surface area contributed by atoms with Crippen molar-refractivity contribution >= 4 is 5.69 Å². The third kappa shape index (κ3) is 4.97. The highest BCUT2D eigenvalue weighted by molar-refractivity contribution is 5.57. The standard InChI is InChI=1S/C23H28F4N6O2/c1-5-19-29-33(21(34)32(19)13-15-11-28-31(6-2)12-15)18-10-16(9-17(20(18)24)23(25,26)27)30-7-8-35-22(3,4)14-30/h9-12H,5-8,13-14H2,1-4H3. The second kappa shape index (κ2) is 9.14. The zero-order valence-corrected chi connectivity index (χ0v) is 20.1. The van der Waals surface area contributed by atoms with E-state index < -0.39 is 34.5 Å². The molecule has 0 radical (unpaired) electrons. The van der Waals surface area contributed by atoms with Crippen LogP contribution in [0.25, 0.3) is 5.69 Å². The molecule has 4 rings (SSSR count). The number of alkyl halides is 3. The van der Waals surface area contributed by atoms with Crippen molar-refractivity contribution in [1.82, 2.24) is 24.1 Å². The highest BCUT2D eigenvalue weighted by atomic mass is 19.4. The molecule has 2 aromatic heterocycles. The van der Waals surface area contributed by atoms with Gasteiger partial charge in [0, 0.05) is 43.5 Å². The number of hydrogen-bond acceptors (Lipinski definition) is 5. The number of aryl methyl sites for hydroxylation is 2. The van der Waals surface area contributed by atoms with Crippen LogP contribution in [0.1, 0.15) is 44.6 Å². The van der Waals surface area contributed by atoms with E-state index in [0.29, 0.717) is 38.5 Å². The van der Waals surface area contributed by atoms with Crippen molar-refractivity contribution < 1.29 is 22.3 Å². The molecule has 1 fully saturated rings. The maximum atomic E-state index is 15.3. The van der Waals surface area contributed by atoms with Gasteiger partial charge in [-0.25, -0.2) is 9.18 Å². The summed E-state index contributed by atoms with van der Waals surface area (Å²) in [5.41, 5.74) is -2.43. The Labute approximate surface area is 199 Å². The minimum atomic E-state index is -4.95. The molecule has 8 nitrogen and oxygen atoms in total. The van der Waals surface area contributed by atoms with E-state index in [9.17, 15) is 18.0 Å². The van der Waals surface area contributed by atoms with Gasteiger partial charge in [0.25, 0.3) is 0 Å². The Morgan fingerprint density at radius 3 is 2.54 bits per heavy atom. The average Bonchev–Trinajstić information content (AvgIpc) is 3.37. The smallest absolute Gasteiger partial charge is 0.372 e. The summed E-state index contributed by atoms with van der Waals surface area (Å²) in [7, 11) is 0. The van der Waals surface area contributed by atoms with Crippen molar-refractivity contribution in [3.63, 3.8) is 0 Å². The molecule has 1 aromatic carbocycles. The number of rotatable bonds is 6. The molecule has 0 amide bonds. The van der Waals surface area contributed by atoms with Gasteiger partial charge in [-0.3, -0.25) is 9.25 Å². The molecule has 0 unspecified atom stereocenters. The van der Waals surface area contributed by atoms with Crippen molar-refractivity contribution in [1.29, 1.82) is 0 Å². The van der Waals surface area contributed by atoms with Crippen molar-refractivity contribution in [2.45, 2.75) is 59.0 Å². The molecule has 0 atom stereocenters. The van der Waals surface area contributed by atoms with Crippen LogP contribution in [-0.2, 0) is 30.4 Å². The van der Waals surface area contributed by atoms with E-state index in [1.807, 2.05) is 20.8 Å². The maximum Gasteiger partial charge on any atom is 0.419 e. The quantitative estimate of drug-likeness (QED) is 0.488. The number of halogens is 4. The van der Waals surface area contributed by atoms with Crippen molar-refractivity contribution in [2.24, 2.45) is 0 Å². The van der Waals surface area contributed by atoms with Crippen molar-refractivity contribution in [3.8, 4) is 5.69 Å². The van der Waals surface area contributed by atoms with E-state index >= 15 is 4.39 Å². The minimum absolute atomic E-state index is 0.118. The summed E-state index contributed by atoms with van der Waals surface area (Å²) in [5, 5.41) is 8.39. The zero-order valence-electron chi connectivity index (χ0n) is 20.1. The molecule has 35 heavy (non-hydrogen) atoms. The first kappa shape index (κ1) is 25.0. The Hall–Kier alpha value is -3.15. The van der Waals surface area contributed by atoms with Gasteiger partial charge < -0.3 is 9.64 Å². The van der Waals surface area contributed by atoms with Crippen LogP contribution in [0.2, 0.25) is 0 Å². The highest BCUT2D eigenvalue weighted by Gasteiger charge is 2.38. The molecule has 1 saturated heterocycles. The summed E-state index contributed by atoms with van der Waals surface area (Å²) >= 11 is 0. The van der Waals surface area contributed by atoms with Crippen LogP contribution in [0, 0.1) is 5.82 Å². The zero-order chi connectivity index (χ0) is 25.5. The van der Waals surface area contributed by atoms with E-state index in [-0.39, 0.29) is 12.2 Å². The first-order valence-electron chi connectivity index (χ1n) is 11.4. The van der Waals surface area contributed by atoms with Crippen LogP contribution in [0.4, 0.5) is 23.2 Å². The van der Waals surface area contributed by atoms with Crippen LogP contribution < -0.4 is 10.6 Å². The lowest BCUT2D eigenvalue weighted by Gasteiger charge is -2.39. The van der Waals surface area contributed by atoms with Crippen LogP contribution in [-0.4, -0.2) is 49.4 Å². The number of anilines is 1. The lowest BCUT2D eigenvalue weighted by atomic mass is 10.1. The van der Waals surface area contributed by atoms with E-state index in [0.717, 1.165) is 16.3 Å². The molecule has 1 aliphatic rings. The van der Waals surface area contributed by atoms with Gasteiger partial charge in [0.15, 0.2) is 5.82 Å². The number of nitrogens with zero attached hydrogens (tertiary/aromatic N) is 6. The molecule has 12 heteroatoms. The maximum absolute atomic E-state index is 15.3. The second-order valence-electron chi connectivity index (χ2n) is 9.11. The third-order valence-corrected chi connectivity index (χ3v) is 5.97. The Kier molecular flexibility index (Phi) is 6.52. The summed E-state index contributed by atoms with van der Waals surface area (Å²) < 4.78 is 66.1. The van der Waals surface area contributed by atoms with Gasteiger partial charge in [0.1, 0.15) is 11.5 Å². The topological polar surface area (TPSA) is 70.1 Å². The molecule has 0 bridgehead atoms. The lowest BCUT2D eigenvalue weighted by Crippen LogP contribution is -2.48. The Morgan fingerprint density at radius 2 is 1.94 bits per heavy atom. The molecule has 3 aromatic rings. The van der Waals surface area contributed by atoms with Gasteiger partial charge in [0.2, 0.25) is 0 Å². The summed E-state index contributed by atoms with van der Waals surface area (Å²) in [6.07, 6.45) is -1.25. The van der Waals surface area contributed by atoms with Crippen molar-refractivity contribution in [3.05, 3.63) is 57.8 Å². The Bertz CT molecular complexity index is 1270. The first-order chi connectivity index (χ1) is 16.4. The summed E-state index contributed by atoms with van der Waals surface area (Å²) in [6, 6.07) is 2.03. The number of hydrogen-bond donors (Lipinski definition) is 0. The largest absolute Gasteiger partial charge is 0.419 e. The molecule has 3 heterocycles. The predicted molar refractivity (Wildman–Crippen MR) is 121 cm³/mol. The fourth-order valence-electron chi connectivity index (χ4n) is 4.23. The van der Waals surface area contributed by atoms with Gasteiger partial charge >= 0.3 is 11.9 Å². The molecule has 0 N–H and O–H groups in total. The summed E-state index contributed by atoms with van der Waals surface area (Å²) in [5.74, 6) is -1.22. The third-order valence-electron chi connectivity index (χ3n) is 5.97. The van der Waals surface area contributed by atoms with E-state index in [4.69, 9.17) is 4.74 Å². The van der Waals surface area contributed by atoms with Crippen LogP contribution in [0.15, 0.2) is 29.3 Å². The second-order valence-corrected chi connectivity index (χ2v) is 9.11. The SMILES string of the molecule is CCc1nn(-c2cc(N3CCOC(C)(C)C3)cc(C(F)(F)F)c2F)c(=O)n1Cc1cnn(CC)c1. The van der Waals surface area contributed by atoms with Crippen LogP contribution in [0.5, 0.6) is 0 Å². The number of morpholine rings is 1. The van der Waals surface area contributed by atoms with Crippen molar-refractivity contribution in [2.75, 3.05) is 24.6 Å². The fraction of sp³-hybridized carbons (Fsp3) is 0.522. The van der Waals surface area contributed by atoms with Gasteiger partial charge in [-0.1, -0.05) is 6.92 Å². The molecular formula is C23H28F4N6O2. The highest BCUT2D eigenvalue weighted by Crippen LogP contribution is 2.37. The molecule has 190 valence electrons. The number of aromatic nitrogens is 5. The molecule has 0 spiro atoms. The Morgan fingerprint density at radius 1 is 1.20 bits per heavy atom. The predicted octanol–water partition coefficient (Wildman–Crippen LogP) is 3.63. The van der Waals surface area contributed by atoms with E-state index in [2.05, 4.69) is 10.2 Å². The molecule has 0 saturated carbocycles. The van der Waals surface area contributed by atoms with Gasteiger partial charge in [-0.05, 0) is 32.9 Å². The summed E-state index contributed by atoms with van der Waals surface area (Å²) in [4.78, 5) is 15.0. The normalized spacial score (nSPS) is 16.2. The first-order valence-corrected chi connectivity index (χ1v) is 11.4. The van der Waals surface area contributed by atoms with Gasteiger partial charge in [-0.2, -0.15) is 23.0 Å². The molecule has 0 aliphatic carbocycles. The summed E-state index contributed by atoms with van der Waals surface area (Å²) in [6.45, 7) is 9.05. The van der Waals surface area contributed by atoms with Gasteiger partial charge in [-0.15, -0.1) is 5.10 Å². The average molecular weight is 497 g/mol. The molecule has 1 aliphatic heterocycles. The number of ether oxygens (including phenoxy) is 1.